The minimum Gasteiger partial charge on any atom is -0.309 e. The highest BCUT2D eigenvalue weighted by molar-refractivity contribution is 6.19. The fourth-order valence-corrected chi connectivity index (χ4v) is 9.13. The van der Waals surface area contributed by atoms with Crippen LogP contribution < -0.4 is 0 Å². The maximum Gasteiger partial charge on any atom is 0.161 e. The van der Waals surface area contributed by atoms with Crippen LogP contribution >= 0.6 is 0 Å². The summed E-state index contributed by atoms with van der Waals surface area (Å²) in [7, 11) is 0. The molecule has 4 nitrogen and oxygen atoms in total. The van der Waals surface area contributed by atoms with E-state index in [4.69, 9.17) is 9.97 Å². The van der Waals surface area contributed by atoms with Crippen molar-refractivity contribution in [1.82, 2.24) is 19.1 Å². The van der Waals surface area contributed by atoms with Crippen molar-refractivity contribution in [2.75, 3.05) is 0 Å². The number of para-hydroxylation sites is 3. The summed E-state index contributed by atoms with van der Waals surface area (Å²) in [6.45, 7) is 0. The molecule has 0 radical (unpaired) electrons. The highest BCUT2D eigenvalue weighted by Gasteiger charge is 2.19. The van der Waals surface area contributed by atoms with Crippen molar-refractivity contribution < 1.29 is 0 Å². The second-order valence-corrected chi connectivity index (χ2v) is 15.4. The first-order chi connectivity index (χ1) is 29.7. The van der Waals surface area contributed by atoms with E-state index in [0.29, 0.717) is 5.82 Å². The van der Waals surface area contributed by atoms with Crippen LogP contribution in [0.3, 0.4) is 0 Å². The number of nitrogens with zero attached hydrogens (tertiary/aromatic N) is 4. The monoisotopic (exact) mass is 764 g/mol. The molecule has 0 saturated heterocycles. The van der Waals surface area contributed by atoms with Crippen molar-refractivity contribution >= 4 is 54.4 Å². The molecule has 3 aromatic heterocycles. The quantitative estimate of drug-likeness (QED) is 0.169. The largest absolute Gasteiger partial charge is 0.309 e. The Morgan fingerprint density at radius 1 is 0.283 bits per heavy atom. The number of benzene rings is 9. The van der Waals surface area contributed by atoms with Crippen molar-refractivity contribution in [2.24, 2.45) is 0 Å². The number of aromatic nitrogens is 4. The van der Waals surface area contributed by atoms with E-state index in [1.807, 2.05) is 6.07 Å². The van der Waals surface area contributed by atoms with Crippen LogP contribution in [0.4, 0.5) is 0 Å². The highest BCUT2D eigenvalue weighted by atomic mass is 15.0. The van der Waals surface area contributed by atoms with Crippen LogP contribution in [0.1, 0.15) is 0 Å². The van der Waals surface area contributed by atoms with E-state index < -0.39 is 0 Å². The molecule has 0 fully saturated rings. The Kier molecular flexibility index (Phi) is 7.82. The molecule has 4 heteroatoms. The summed E-state index contributed by atoms with van der Waals surface area (Å²) in [6.07, 6.45) is 0. The molecule has 9 aromatic carbocycles. The zero-order valence-electron chi connectivity index (χ0n) is 32.6. The van der Waals surface area contributed by atoms with Crippen LogP contribution in [-0.4, -0.2) is 19.1 Å². The highest BCUT2D eigenvalue weighted by Crippen LogP contribution is 2.41. The van der Waals surface area contributed by atoms with Gasteiger partial charge in [0.1, 0.15) is 0 Å². The normalized spacial score (nSPS) is 11.7. The Balaban J connectivity index is 1.05. The van der Waals surface area contributed by atoms with Gasteiger partial charge >= 0.3 is 0 Å². The fraction of sp³-hybridized carbons (Fsp3) is 0. The third-order valence-corrected chi connectivity index (χ3v) is 11.9. The first kappa shape index (κ1) is 34.0. The average Bonchev–Trinajstić information content (AvgIpc) is 3.83. The lowest BCUT2D eigenvalue weighted by Crippen LogP contribution is -1.98. The van der Waals surface area contributed by atoms with Crippen LogP contribution in [0, 0.1) is 0 Å². The van der Waals surface area contributed by atoms with E-state index in [1.165, 1.54) is 49.2 Å². The smallest absolute Gasteiger partial charge is 0.161 e. The molecular formula is C56H36N4. The van der Waals surface area contributed by atoms with Crippen molar-refractivity contribution in [3.63, 3.8) is 0 Å². The number of fused-ring (bicyclic) bond motifs is 7. The van der Waals surface area contributed by atoms with Gasteiger partial charge in [-0.3, -0.25) is 0 Å². The molecule has 280 valence electrons. The topological polar surface area (TPSA) is 35.6 Å². The molecule has 3 heterocycles. The average molecular weight is 765 g/mol. The van der Waals surface area contributed by atoms with Gasteiger partial charge < -0.3 is 9.13 Å². The van der Waals surface area contributed by atoms with Gasteiger partial charge in [-0.2, -0.15) is 0 Å². The molecular weight excluding hydrogens is 729 g/mol. The molecule has 12 rings (SSSR count). The van der Waals surface area contributed by atoms with Gasteiger partial charge in [-0.15, -0.1) is 0 Å². The summed E-state index contributed by atoms with van der Waals surface area (Å²) in [5.74, 6) is 0.697. The SMILES string of the molecule is c1ccc(-c2cccc(-c3cc(-c4ccccc4)nc(-c4cccc5cc(-n6c7ccccc7c7cc8c9ccccc9n(-c9ccccc9)c8cc76)ccc45)n3)c2)cc1. The van der Waals surface area contributed by atoms with Gasteiger partial charge in [0.15, 0.2) is 5.82 Å². The third-order valence-electron chi connectivity index (χ3n) is 11.9. The Morgan fingerprint density at radius 2 is 0.833 bits per heavy atom. The van der Waals surface area contributed by atoms with Crippen LogP contribution in [0.5, 0.6) is 0 Å². The van der Waals surface area contributed by atoms with Crippen LogP contribution in [0.15, 0.2) is 218 Å². The standard InChI is InChI=1S/C56H36N4/c1-4-16-37(17-5-1)39-20-14-22-41(32-39)51-35-50(38-18-6-2-7-19-38)57-56(58-51)47-27-15-21-40-33-43(30-31-44(40)47)60-53-29-13-11-26-46(53)49-34-48-45-25-10-12-28-52(45)59(54(48)36-55(49)60)42-23-8-3-9-24-42/h1-36H. The number of hydrogen-bond acceptors (Lipinski definition) is 2. The van der Waals surface area contributed by atoms with Crippen molar-refractivity contribution in [1.29, 1.82) is 0 Å². The Bertz CT molecular complexity index is 3580. The molecule has 0 amide bonds. The third kappa shape index (κ3) is 5.53. The lowest BCUT2D eigenvalue weighted by molar-refractivity contribution is 1.17. The molecule has 60 heavy (non-hydrogen) atoms. The van der Waals surface area contributed by atoms with E-state index in [1.54, 1.807) is 0 Å². The van der Waals surface area contributed by atoms with Crippen molar-refractivity contribution in [3.05, 3.63) is 218 Å². The first-order valence-electron chi connectivity index (χ1n) is 20.4. The minimum atomic E-state index is 0.697. The maximum absolute atomic E-state index is 5.30. The minimum absolute atomic E-state index is 0.697. The molecule has 0 atom stereocenters. The molecule has 0 saturated carbocycles. The van der Waals surface area contributed by atoms with Crippen LogP contribution in [-0.2, 0) is 0 Å². The zero-order valence-corrected chi connectivity index (χ0v) is 32.6. The lowest BCUT2D eigenvalue weighted by Gasteiger charge is -2.14. The summed E-state index contributed by atoms with van der Waals surface area (Å²) in [5.41, 5.74) is 14.2. The Labute approximate surface area is 346 Å². The summed E-state index contributed by atoms with van der Waals surface area (Å²) in [5, 5.41) is 7.18. The van der Waals surface area contributed by atoms with Gasteiger partial charge in [0.2, 0.25) is 0 Å². The number of hydrogen-bond donors (Lipinski definition) is 0. The van der Waals surface area contributed by atoms with Gasteiger partial charge in [-0.05, 0) is 82.6 Å². The molecule has 0 N–H and O–H groups in total. The van der Waals surface area contributed by atoms with Crippen LogP contribution in [0.25, 0.3) is 111 Å². The second-order valence-electron chi connectivity index (χ2n) is 15.4. The molecule has 0 spiro atoms. The summed E-state index contributed by atoms with van der Waals surface area (Å²) >= 11 is 0. The Morgan fingerprint density at radius 3 is 1.53 bits per heavy atom. The van der Waals surface area contributed by atoms with Crippen LogP contribution in [0.2, 0.25) is 0 Å². The molecule has 0 aliphatic heterocycles. The van der Waals surface area contributed by atoms with Gasteiger partial charge in [0.25, 0.3) is 0 Å². The summed E-state index contributed by atoms with van der Waals surface area (Å²) in [4.78, 5) is 10.5. The predicted octanol–water partition coefficient (Wildman–Crippen LogP) is 14.5. The molecule has 0 aliphatic carbocycles. The molecule has 0 bridgehead atoms. The van der Waals surface area contributed by atoms with Gasteiger partial charge in [0, 0.05) is 49.6 Å². The van der Waals surface area contributed by atoms with Gasteiger partial charge in [0.05, 0.1) is 33.5 Å². The summed E-state index contributed by atoms with van der Waals surface area (Å²) in [6, 6.07) is 77.9. The number of rotatable bonds is 6. The maximum atomic E-state index is 5.30. The van der Waals surface area contributed by atoms with E-state index in [9.17, 15) is 0 Å². The fourth-order valence-electron chi connectivity index (χ4n) is 9.13. The first-order valence-corrected chi connectivity index (χ1v) is 20.4. The van der Waals surface area contributed by atoms with E-state index in [0.717, 1.165) is 55.8 Å². The van der Waals surface area contributed by atoms with Crippen molar-refractivity contribution in [3.8, 4) is 56.4 Å². The molecule has 0 aliphatic rings. The Hall–Kier alpha value is -8.08. The second kappa shape index (κ2) is 13.8. The summed E-state index contributed by atoms with van der Waals surface area (Å²) < 4.78 is 4.82. The van der Waals surface area contributed by atoms with E-state index in [-0.39, 0.29) is 0 Å². The van der Waals surface area contributed by atoms with Gasteiger partial charge in [-0.1, -0.05) is 158 Å². The molecule has 12 aromatic rings. The van der Waals surface area contributed by atoms with E-state index in [2.05, 4.69) is 221 Å². The van der Waals surface area contributed by atoms with Gasteiger partial charge in [-0.25, -0.2) is 9.97 Å². The van der Waals surface area contributed by atoms with E-state index >= 15 is 0 Å². The lowest BCUT2D eigenvalue weighted by atomic mass is 10.00. The predicted molar refractivity (Wildman–Crippen MR) is 250 cm³/mol. The zero-order chi connectivity index (χ0) is 39.6. The van der Waals surface area contributed by atoms with Crippen molar-refractivity contribution in [2.45, 2.75) is 0 Å². The molecule has 0 unspecified atom stereocenters.